The number of nitrogens with zero attached hydrogens (tertiary/aromatic N) is 2. The lowest BCUT2D eigenvalue weighted by atomic mass is 10.3. The number of rotatable bonds is 6. The van der Waals surface area contributed by atoms with Gasteiger partial charge in [-0.05, 0) is 30.3 Å². The number of benzene rings is 2. The first kappa shape index (κ1) is 16.8. The van der Waals surface area contributed by atoms with Crippen LogP contribution in [0.15, 0.2) is 58.9 Å². The van der Waals surface area contributed by atoms with Crippen molar-refractivity contribution in [2.75, 3.05) is 16.4 Å². The van der Waals surface area contributed by atoms with E-state index in [2.05, 4.69) is 20.8 Å². The van der Waals surface area contributed by atoms with Crippen LogP contribution in [0, 0.1) is 0 Å². The first-order valence-corrected chi connectivity index (χ1v) is 9.21. The van der Waals surface area contributed by atoms with Crippen LogP contribution in [0.5, 0.6) is 0 Å². The van der Waals surface area contributed by atoms with Gasteiger partial charge in [-0.25, -0.2) is 0 Å². The van der Waals surface area contributed by atoms with Crippen molar-refractivity contribution in [1.82, 2.24) is 10.2 Å². The van der Waals surface area contributed by atoms with Gasteiger partial charge in [-0.3, -0.25) is 4.79 Å². The highest BCUT2D eigenvalue weighted by molar-refractivity contribution is 8.01. The molecule has 24 heavy (non-hydrogen) atoms. The number of hydrogen-bond donors (Lipinski definition) is 2. The summed E-state index contributed by atoms with van der Waals surface area (Å²) in [4.78, 5) is 11.9. The highest BCUT2D eigenvalue weighted by atomic mass is 35.5. The minimum absolute atomic E-state index is 0.0780. The molecule has 0 aliphatic carbocycles. The molecule has 3 rings (SSSR count). The molecule has 0 radical (unpaired) electrons. The van der Waals surface area contributed by atoms with Crippen molar-refractivity contribution in [3.05, 3.63) is 59.6 Å². The van der Waals surface area contributed by atoms with E-state index >= 15 is 0 Å². The molecule has 0 bridgehead atoms. The Bertz CT molecular complexity index is 826. The van der Waals surface area contributed by atoms with Crippen LogP contribution in [-0.4, -0.2) is 21.9 Å². The normalized spacial score (nSPS) is 10.4. The molecule has 0 atom stereocenters. The lowest BCUT2D eigenvalue weighted by Crippen LogP contribution is -2.13. The summed E-state index contributed by atoms with van der Waals surface area (Å²) in [6, 6.07) is 16.7. The minimum Gasteiger partial charge on any atom is -0.330 e. The van der Waals surface area contributed by atoms with Crippen molar-refractivity contribution in [3.8, 4) is 0 Å². The maximum absolute atomic E-state index is 11.9. The number of carbonyl (C=O) groups excluding carboxylic acids is 1. The molecule has 0 aliphatic heterocycles. The summed E-state index contributed by atoms with van der Waals surface area (Å²) in [5, 5.41) is 15.4. The summed E-state index contributed by atoms with van der Waals surface area (Å²) in [7, 11) is 0. The Balaban J connectivity index is 1.51. The van der Waals surface area contributed by atoms with E-state index in [-0.39, 0.29) is 11.7 Å². The predicted molar refractivity (Wildman–Crippen MR) is 100 cm³/mol. The van der Waals surface area contributed by atoms with Crippen LogP contribution in [0.25, 0.3) is 0 Å². The van der Waals surface area contributed by atoms with Crippen LogP contribution >= 0.6 is 34.7 Å². The molecule has 3 aromatic rings. The van der Waals surface area contributed by atoms with E-state index in [9.17, 15) is 4.79 Å². The average Bonchev–Trinajstić information content (AvgIpc) is 3.01. The van der Waals surface area contributed by atoms with Crippen LogP contribution in [0.3, 0.4) is 0 Å². The summed E-state index contributed by atoms with van der Waals surface area (Å²) in [5.74, 6) is 0.200. The topological polar surface area (TPSA) is 66.9 Å². The maximum atomic E-state index is 11.9. The largest absolute Gasteiger partial charge is 0.330 e. The number of amides is 1. The molecule has 0 fully saturated rings. The quantitative estimate of drug-likeness (QED) is 0.612. The smallest absolute Gasteiger partial charge is 0.234 e. The van der Waals surface area contributed by atoms with E-state index in [1.165, 1.54) is 23.1 Å². The molecule has 0 unspecified atom stereocenters. The fraction of sp³-hybridized carbons (Fsp3) is 0.0625. The monoisotopic (exact) mass is 376 g/mol. The second kappa shape index (κ2) is 8.14. The van der Waals surface area contributed by atoms with Gasteiger partial charge < -0.3 is 10.6 Å². The number of aromatic nitrogens is 2. The maximum Gasteiger partial charge on any atom is 0.234 e. The van der Waals surface area contributed by atoms with Gasteiger partial charge in [-0.1, -0.05) is 59.0 Å². The van der Waals surface area contributed by atoms with E-state index in [1.54, 1.807) is 6.07 Å². The number of carbonyl (C=O) groups is 1. The second-order valence-corrected chi connectivity index (χ2v) is 7.35. The van der Waals surface area contributed by atoms with Gasteiger partial charge in [0, 0.05) is 16.4 Å². The zero-order valence-electron chi connectivity index (χ0n) is 12.4. The van der Waals surface area contributed by atoms with Gasteiger partial charge in [0.25, 0.3) is 0 Å². The van der Waals surface area contributed by atoms with E-state index in [1.807, 2.05) is 48.5 Å². The van der Waals surface area contributed by atoms with Gasteiger partial charge >= 0.3 is 0 Å². The standard InChI is InChI=1S/C16H13ClN4OS2/c17-11-5-4-8-13(9-11)19-15-20-21-16(24-15)23-10-14(22)18-12-6-2-1-3-7-12/h1-9H,10H2,(H,18,22)(H,19,20). The lowest BCUT2D eigenvalue weighted by molar-refractivity contribution is -0.113. The van der Waals surface area contributed by atoms with Gasteiger partial charge in [0.1, 0.15) is 0 Å². The van der Waals surface area contributed by atoms with Gasteiger partial charge in [-0.15, -0.1) is 10.2 Å². The van der Waals surface area contributed by atoms with Crippen molar-refractivity contribution in [2.45, 2.75) is 4.34 Å². The Morgan fingerprint density at radius 3 is 2.67 bits per heavy atom. The molecular weight excluding hydrogens is 364 g/mol. The third-order valence-corrected chi connectivity index (χ3v) is 5.07. The van der Waals surface area contributed by atoms with Gasteiger partial charge in [-0.2, -0.15) is 0 Å². The SMILES string of the molecule is O=C(CSc1nnc(Nc2cccc(Cl)c2)s1)Nc1ccccc1. The molecule has 2 aromatic carbocycles. The molecule has 0 saturated carbocycles. The van der Waals surface area contributed by atoms with Gasteiger partial charge in [0.15, 0.2) is 4.34 Å². The zero-order chi connectivity index (χ0) is 16.8. The first-order valence-electron chi connectivity index (χ1n) is 7.03. The number of nitrogens with one attached hydrogen (secondary N) is 2. The summed E-state index contributed by atoms with van der Waals surface area (Å²) in [6.45, 7) is 0. The Kier molecular flexibility index (Phi) is 5.68. The molecule has 0 spiro atoms. The molecule has 0 aliphatic rings. The number of para-hydroxylation sites is 1. The minimum atomic E-state index is -0.0780. The highest BCUT2D eigenvalue weighted by Crippen LogP contribution is 2.28. The molecule has 5 nitrogen and oxygen atoms in total. The fourth-order valence-electron chi connectivity index (χ4n) is 1.85. The van der Waals surface area contributed by atoms with Gasteiger partial charge in [0.05, 0.1) is 5.75 Å². The number of thioether (sulfide) groups is 1. The first-order chi connectivity index (χ1) is 11.7. The molecule has 122 valence electrons. The van der Waals surface area contributed by atoms with E-state index < -0.39 is 0 Å². The Morgan fingerprint density at radius 2 is 1.88 bits per heavy atom. The molecular formula is C16H13ClN4OS2. The van der Waals surface area contributed by atoms with Crippen LogP contribution in [0.2, 0.25) is 5.02 Å². The number of hydrogen-bond acceptors (Lipinski definition) is 6. The van der Waals surface area contributed by atoms with Crippen LogP contribution in [-0.2, 0) is 4.79 Å². The fourth-order valence-corrected chi connectivity index (χ4v) is 3.62. The van der Waals surface area contributed by atoms with Crippen molar-refractivity contribution >= 4 is 57.1 Å². The van der Waals surface area contributed by atoms with Gasteiger partial charge in [0.2, 0.25) is 11.0 Å². The Hall–Kier alpha value is -2.09. The summed E-state index contributed by atoms with van der Waals surface area (Å²) < 4.78 is 0.725. The summed E-state index contributed by atoms with van der Waals surface area (Å²) in [5.41, 5.74) is 1.63. The Labute approximate surface area is 152 Å². The van der Waals surface area contributed by atoms with Crippen molar-refractivity contribution in [3.63, 3.8) is 0 Å². The highest BCUT2D eigenvalue weighted by Gasteiger charge is 2.09. The average molecular weight is 377 g/mol. The third-order valence-electron chi connectivity index (χ3n) is 2.87. The Morgan fingerprint density at radius 1 is 1.08 bits per heavy atom. The van der Waals surface area contributed by atoms with E-state index in [0.717, 1.165) is 15.7 Å². The third kappa shape index (κ3) is 4.95. The zero-order valence-corrected chi connectivity index (χ0v) is 14.8. The van der Waals surface area contributed by atoms with Crippen LogP contribution in [0.4, 0.5) is 16.5 Å². The second-order valence-electron chi connectivity index (χ2n) is 4.71. The predicted octanol–water partition coefficient (Wildman–Crippen LogP) is 4.67. The van der Waals surface area contributed by atoms with Crippen molar-refractivity contribution in [2.24, 2.45) is 0 Å². The van der Waals surface area contributed by atoms with Crippen LogP contribution < -0.4 is 10.6 Å². The number of anilines is 3. The summed E-state index contributed by atoms with van der Waals surface area (Å²) >= 11 is 8.68. The molecule has 8 heteroatoms. The van der Waals surface area contributed by atoms with Crippen molar-refractivity contribution < 1.29 is 4.79 Å². The van der Waals surface area contributed by atoms with Crippen molar-refractivity contribution in [1.29, 1.82) is 0 Å². The lowest BCUT2D eigenvalue weighted by Gasteiger charge is -2.03. The molecule has 0 saturated heterocycles. The molecule has 1 aromatic heterocycles. The molecule has 1 amide bonds. The number of halogens is 1. The molecule has 1 heterocycles. The van der Waals surface area contributed by atoms with E-state index in [0.29, 0.717) is 10.2 Å². The van der Waals surface area contributed by atoms with E-state index in [4.69, 9.17) is 11.6 Å². The molecule has 2 N–H and O–H groups in total. The summed E-state index contributed by atoms with van der Waals surface area (Å²) in [6.07, 6.45) is 0. The van der Waals surface area contributed by atoms with Crippen LogP contribution in [0.1, 0.15) is 0 Å².